The summed E-state index contributed by atoms with van der Waals surface area (Å²) in [7, 11) is -1.37. The average Bonchev–Trinajstić information content (AvgIpc) is 2.45. The van der Waals surface area contributed by atoms with E-state index in [-0.39, 0.29) is 11.7 Å². The predicted octanol–water partition coefficient (Wildman–Crippen LogP) is 2.73. The lowest BCUT2D eigenvalue weighted by Crippen LogP contribution is -2.39. The molecule has 3 atom stereocenters. The average molecular weight is 298 g/mol. The van der Waals surface area contributed by atoms with Gasteiger partial charge in [-0.15, -0.1) is 0 Å². The van der Waals surface area contributed by atoms with Gasteiger partial charge < -0.3 is 5.32 Å². The first kappa shape index (κ1) is 16.8. The molecule has 0 saturated heterocycles. The SMILES string of the molecule is CCNC(CS(=O)c1ccccc1[N+](=O)[O-])C(C)CC. The molecule has 0 amide bonds. The Kier molecular flexibility index (Phi) is 6.81. The van der Waals surface area contributed by atoms with E-state index in [0.717, 1.165) is 13.0 Å². The number of nitrogens with zero attached hydrogens (tertiary/aromatic N) is 1. The number of benzene rings is 1. The molecule has 1 rings (SSSR count). The van der Waals surface area contributed by atoms with Crippen molar-refractivity contribution in [2.24, 2.45) is 5.92 Å². The van der Waals surface area contributed by atoms with Crippen LogP contribution in [0.25, 0.3) is 0 Å². The van der Waals surface area contributed by atoms with E-state index in [9.17, 15) is 14.3 Å². The minimum atomic E-state index is -1.37. The van der Waals surface area contributed by atoms with E-state index in [1.807, 2.05) is 6.92 Å². The highest BCUT2D eigenvalue weighted by Crippen LogP contribution is 2.23. The van der Waals surface area contributed by atoms with Gasteiger partial charge in [0.05, 0.1) is 15.7 Å². The zero-order chi connectivity index (χ0) is 15.1. The monoisotopic (exact) mass is 298 g/mol. The molecule has 0 aromatic heterocycles. The Balaban J connectivity index is 2.92. The number of nitrogens with one attached hydrogen (secondary N) is 1. The third-order valence-electron chi connectivity index (χ3n) is 3.44. The lowest BCUT2D eigenvalue weighted by molar-refractivity contribution is -0.387. The van der Waals surface area contributed by atoms with Crippen molar-refractivity contribution in [1.82, 2.24) is 5.32 Å². The second kappa shape index (κ2) is 8.11. The van der Waals surface area contributed by atoms with Crippen LogP contribution in [0, 0.1) is 16.0 Å². The van der Waals surface area contributed by atoms with Gasteiger partial charge in [-0.1, -0.05) is 39.3 Å². The largest absolute Gasteiger partial charge is 0.313 e. The van der Waals surface area contributed by atoms with Gasteiger partial charge in [0, 0.05) is 17.9 Å². The van der Waals surface area contributed by atoms with Crippen LogP contribution in [0.2, 0.25) is 0 Å². The van der Waals surface area contributed by atoms with Crippen LogP contribution >= 0.6 is 0 Å². The number of hydrogen-bond acceptors (Lipinski definition) is 4. The summed E-state index contributed by atoms with van der Waals surface area (Å²) in [6.45, 7) is 6.99. The van der Waals surface area contributed by atoms with Gasteiger partial charge in [0.1, 0.15) is 4.90 Å². The summed E-state index contributed by atoms with van der Waals surface area (Å²) < 4.78 is 12.4. The lowest BCUT2D eigenvalue weighted by Gasteiger charge is -2.23. The van der Waals surface area contributed by atoms with Crippen molar-refractivity contribution in [3.8, 4) is 0 Å². The van der Waals surface area contributed by atoms with Crippen molar-refractivity contribution in [2.45, 2.75) is 38.1 Å². The fourth-order valence-electron chi connectivity index (χ4n) is 2.02. The van der Waals surface area contributed by atoms with E-state index in [1.165, 1.54) is 6.07 Å². The van der Waals surface area contributed by atoms with Crippen LogP contribution in [0.4, 0.5) is 5.69 Å². The molecular formula is C14H22N2O3S. The Bertz CT molecular complexity index is 479. The molecule has 1 N–H and O–H groups in total. The summed E-state index contributed by atoms with van der Waals surface area (Å²) in [6.07, 6.45) is 0.978. The van der Waals surface area contributed by atoms with Gasteiger partial charge in [-0.3, -0.25) is 14.3 Å². The van der Waals surface area contributed by atoms with Crippen LogP contribution in [0.5, 0.6) is 0 Å². The Hall–Kier alpha value is -1.27. The maximum atomic E-state index is 12.4. The van der Waals surface area contributed by atoms with Gasteiger partial charge in [0.25, 0.3) is 5.69 Å². The van der Waals surface area contributed by atoms with E-state index < -0.39 is 15.7 Å². The Labute approximate surface area is 122 Å². The van der Waals surface area contributed by atoms with Gasteiger partial charge in [0.2, 0.25) is 0 Å². The topological polar surface area (TPSA) is 72.2 Å². The molecule has 0 aliphatic rings. The standard InChI is InChI=1S/C14H22N2O3S/c1-4-11(3)12(15-5-2)10-20(19)14-9-7-6-8-13(14)16(17)18/h6-9,11-12,15H,4-5,10H2,1-3H3. The zero-order valence-corrected chi connectivity index (χ0v) is 13.0. The highest BCUT2D eigenvalue weighted by Gasteiger charge is 2.23. The predicted molar refractivity (Wildman–Crippen MR) is 81.3 cm³/mol. The number of nitro benzene ring substituents is 1. The molecule has 0 heterocycles. The summed E-state index contributed by atoms with van der Waals surface area (Å²) in [6, 6.07) is 6.36. The molecular weight excluding hydrogens is 276 g/mol. The molecule has 3 unspecified atom stereocenters. The maximum absolute atomic E-state index is 12.4. The normalized spacial score (nSPS) is 15.6. The number of nitro groups is 1. The molecule has 112 valence electrons. The van der Waals surface area contributed by atoms with E-state index >= 15 is 0 Å². The smallest absolute Gasteiger partial charge is 0.285 e. The Morgan fingerprint density at radius 1 is 1.35 bits per heavy atom. The van der Waals surface area contributed by atoms with Crippen molar-refractivity contribution in [3.63, 3.8) is 0 Å². The van der Waals surface area contributed by atoms with Crippen LogP contribution < -0.4 is 5.32 Å². The van der Waals surface area contributed by atoms with Crippen LogP contribution in [-0.2, 0) is 10.8 Å². The van der Waals surface area contributed by atoms with Gasteiger partial charge in [0.15, 0.2) is 0 Å². The Morgan fingerprint density at radius 3 is 2.55 bits per heavy atom. The van der Waals surface area contributed by atoms with Crippen molar-refractivity contribution >= 4 is 16.5 Å². The summed E-state index contributed by atoms with van der Waals surface area (Å²) in [4.78, 5) is 10.8. The first-order valence-corrected chi connectivity index (χ1v) is 8.18. The summed E-state index contributed by atoms with van der Waals surface area (Å²) in [5, 5.41) is 14.3. The van der Waals surface area contributed by atoms with Crippen LogP contribution in [-0.4, -0.2) is 27.5 Å². The van der Waals surface area contributed by atoms with Crippen LogP contribution in [0.3, 0.4) is 0 Å². The summed E-state index contributed by atoms with van der Waals surface area (Å²) in [5.41, 5.74) is -0.0646. The van der Waals surface area contributed by atoms with Gasteiger partial charge in [-0.2, -0.15) is 0 Å². The number of rotatable bonds is 8. The molecule has 5 nitrogen and oxygen atoms in total. The molecule has 1 aromatic carbocycles. The van der Waals surface area contributed by atoms with E-state index in [1.54, 1.807) is 18.2 Å². The molecule has 1 aromatic rings. The highest BCUT2D eigenvalue weighted by molar-refractivity contribution is 7.85. The molecule has 0 radical (unpaired) electrons. The van der Waals surface area contributed by atoms with Crippen molar-refractivity contribution in [2.75, 3.05) is 12.3 Å². The Morgan fingerprint density at radius 2 is 2.00 bits per heavy atom. The molecule has 0 fully saturated rings. The molecule has 0 bridgehead atoms. The van der Waals surface area contributed by atoms with Crippen molar-refractivity contribution < 1.29 is 9.13 Å². The summed E-state index contributed by atoms with van der Waals surface area (Å²) >= 11 is 0. The molecule has 0 aliphatic carbocycles. The number of para-hydroxylation sites is 1. The van der Waals surface area contributed by atoms with Gasteiger partial charge in [-0.05, 0) is 18.5 Å². The second-order valence-corrected chi connectivity index (χ2v) is 6.25. The second-order valence-electron chi connectivity index (χ2n) is 4.79. The first-order chi connectivity index (χ1) is 9.51. The van der Waals surface area contributed by atoms with E-state index in [4.69, 9.17) is 0 Å². The zero-order valence-electron chi connectivity index (χ0n) is 12.2. The van der Waals surface area contributed by atoms with Gasteiger partial charge >= 0.3 is 0 Å². The quantitative estimate of drug-likeness (QED) is 0.591. The third kappa shape index (κ3) is 4.38. The maximum Gasteiger partial charge on any atom is 0.285 e. The van der Waals surface area contributed by atoms with Crippen molar-refractivity contribution in [3.05, 3.63) is 34.4 Å². The molecule has 0 aliphatic heterocycles. The molecule has 6 heteroatoms. The fourth-order valence-corrected chi connectivity index (χ4v) is 3.58. The van der Waals surface area contributed by atoms with Gasteiger partial charge in [-0.25, -0.2) is 0 Å². The highest BCUT2D eigenvalue weighted by atomic mass is 32.2. The molecule has 0 spiro atoms. The van der Waals surface area contributed by atoms with Crippen LogP contribution in [0.1, 0.15) is 27.2 Å². The fraction of sp³-hybridized carbons (Fsp3) is 0.571. The molecule has 0 saturated carbocycles. The van der Waals surface area contributed by atoms with Crippen LogP contribution in [0.15, 0.2) is 29.2 Å². The van der Waals surface area contributed by atoms with E-state index in [0.29, 0.717) is 16.6 Å². The summed E-state index contributed by atoms with van der Waals surface area (Å²) in [5.74, 6) is 0.773. The minimum Gasteiger partial charge on any atom is -0.313 e. The lowest BCUT2D eigenvalue weighted by atomic mass is 10.0. The minimum absolute atomic E-state index is 0.0646. The van der Waals surface area contributed by atoms with E-state index in [2.05, 4.69) is 19.2 Å². The first-order valence-electron chi connectivity index (χ1n) is 6.86. The molecule has 20 heavy (non-hydrogen) atoms. The third-order valence-corrected chi connectivity index (χ3v) is 4.93. The van der Waals surface area contributed by atoms with Crippen molar-refractivity contribution in [1.29, 1.82) is 0 Å². The number of hydrogen-bond donors (Lipinski definition) is 1.